The van der Waals surface area contributed by atoms with E-state index in [0.29, 0.717) is 19.3 Å². The summed E-state index contributed by atoms with van der Waals surface area (Å²) in [6.07, 6.45) is 6.18. The van der Waals surface area contributed by atoms with E-state index in [1.807, 2.05) is 16.9 Å². The number of fused-ring (bicyclic) bond motifs is 1. The van der Waals surface area contributed by atoms with E-state index in [2.05, 4.69) is 52.5 Å². The lowest BCUT2D eigenvalue weighted by molar-refractivity contribution is 0.170. The average Bonchev–Trinajstić information content (AvgIpc) is 3.40. The summed E-state index contributed by atoms with van der Waals surface area (Å²) in [5, 5.41) is 4.29. The Balaban J connectivity index is 1.33. The summed E-state index contributed by atoms with van der Waals surface area (Å²) in [6.45, 7) is 3.35. The van der Waals surface area contributed by atoms with Crippen LogP contribution >= 0.6 is 0 Å². The number of ether oxygens (including phenoxy) is 2. The first-order valence-corrected chi connectivity index (χ1v) is 9.59. The first kappa shape index (κ1) is 16.4. The number of nitrogens with zero attached hydrogens (tertiary/aromatic N) is 3. The summed E-state index contributed by atoms with van der Waals surface area (Å²) in [6, 6.07) is 17.5. The highest BCUT2D eigenvalue weighted by Crippen LogP contribution is 2.38. The van der Waals surface area contributed by atoms with Crippen molar-refractivity contribution in [1.82, 2.24) is 14.7 Å². The van der Waals surface area contributed by atoms with E-state index >= 15 is 0 Å². The van der Waals surface area contributed by atoms with E-state index in [0.717, 1.165) is 30.3 Å². The van der Waals surface area contributed by atoms with Gasteiger partial charge in [0, 0.05) is 25.0 Å². The van der Waals surface area contributed by atoms with Gasteiger partial charge in [0.15, 0.2) is 11.5 Å². The van der Waals surface area contributed by atoms with Gasteiger partial charge in [-0.15, -0.1) is 0 Å². The summed E-state index contributed by atoms with van der Waals surface area (Å²) in [7, 11) is 0. The van der Waals surface area contributed by atoms with Crippen LogP contribution < -0.4 is 9.47 Å². The van der Waals surface area contributed by atoms with Crippen molar-refractivity contribution in [2.24, 2.45) is 0 Å². The van der Waals surface area contributed by atoms with Crippen molar-refractivity contribution in [1.29, 1.82) is 0 Å². The number of likely N-dealkylation sites (tertiary alicyclic amines) is 1. The van der Waals surface area contributed by atoms with Crippen LogP contribution in [-0.4, -0.2) is 34.4 Å². The molecule has 1 saturated heterocycles. The minimum atomic E-state index is 0.437. The number of hydrogen-bond donors (Lipinski definition) is 0. The highest BCUT2D eigenvalue weighted by atomic mass is 16.6. The molecular weight excluding hydrogens is 338 g/mol. The molecule has 0 unspecified atom stereocenters. The summed E-state index contributed by atoms with van der Waals surface area (Å²) < 4.78 is 13.3. The van der Waals surface area contributed by atoms with Crippen molar-refractivity contribution in [3.05, 3.63) is 72.1 Å². The number of hydrogen-bond acceptors (Lipinski definition) is 4. The maximum absolute atomic E-state index is 5.77. The number of benzene rings is 2. The van der Waals surface area contributed by atoms with Gasteiger partial charge in [0.2, 0.25) is 0 Å². The Kier molecular flexibility index (Phi) is 4.30. The molecule has 1 atom stereocenters. The maximum Gasteiger partial charge on any atom is 0.161 e. The van der Waals surface area contributed by atoms with Crippen LogP contribution in [0.2, 0.25) is 0 Å². The van der Waals surface area contributed by atoms with E-state index in [4.69, 9.17) is 9.47 Å². The molecule has 0 aliphatic carbocycles. The van der Waals surface area contributed by atoms with Crippen LogP contribution in [0.3, 0.4) is 0 Å². The fourth-order valence-corrected chi connectivity index (χ4v) is 4.07. The quantitative estimate of drug-likeness (QED) is 0.705. The molecule has 5 heteroatoms. The second kappa shape index (κ2) is 7.08. The zero-order valence-electron chi connectivity index (χ0n) is 15.3. The van der Waals surface area contributed by atoms with E-state index in [1.54, 1.807) is 6.20 Å². The van der Waals surface area contributed by atoms with Gasteiger partial charge in [-0.25, -0.2) is 4.68 Å². The van der Waals surface area contributed by atoms with E-state index in [-0.39, 0.29) is 0 Å². The van der Waals surface area contributed by atoms with Crippen LogP contribution in [0.25, 0.3) is 5.69 Å². The lowest BCUT2D eigenvalue weighted by Gasteiger charge is -2.26. The fourth-order valence-electron chi connectivity index (χ4n) is 4.07. The molecule has 1 fully saturated rings. The van der Waals surface area contributed by atoms with Crippen molar-refractivity contribution in [2.45, 2.75) is 25.4 Å². The lowest BCUT2D eigenvalue weighted by Crippen LogP contribution is -2.23. The van der Waals surface area contributed by atoms with Crippen molar-refractivity contribution in [3.63, 3.8) is 0 Å². The Morgan fingerprint density at radius 2 is 1.85 bits per heavy atom. The van der Waals surface area contributed by atoms with Gasteiger partial charge in [-0.2, -0.15) is 5.10 Å². The summed E-state index contributed by atoms with van der Waals surface area (Å²) in [5.74, 6) is 1.75. The molecule has 2 aliphatic heterocycles. The highest BCUT2D eigenvalue weighted by Gasteiger charge is 2.27. The van der Waals surface area contributed by atoms with Crippen LogP contribution in [-0.2, 0) is 6.54 Å². The molecule has 27 heavy (non-hydrogen) atoms. The Hall–Kier alpha value is -2.79. The molecular formula is C22H23N3O2. The standard InChI is InChI=1S/C22H23N3O2/c1-3-20(18-6-9-21-22(15-18)27-14-13-26-21)24(11-1)16-17-4-7-19(8-5-17)25-12-2-10-23-25/h2,4-10,12,15,20H,1,3,11,13-14,16H2/t20-/m0/s1. The van der Waals surface area contributed by atoms with Gasteiger partial charge in [-0.05, 0) is 60.8 Å². The van der Waals surface area contributed by atoms with Crippen molar-refractivity contribution < 1.29 is 9.47 Å². The first-order valence-electron chi connectivity index (χ1n) is 9.59. The van der Waals surface area contributed by atoms with Gasteiger partial charge in [-0.1, -0.05) is 18.2 Å². The minimum absolute atomic E-state index is 0.437. The van der Waals surface area contributed by atoms with E-state index < -0.39 is 0 Å². The number of rotatable bonds is 4. The Labute approximate surface area is 159 Å². The third kappa shape index (κ3) is 3.30. The molecule has 138 valence electrons. The Morgan fingerprint density at radius 1 is 1.00 bits per heavy atom. The molecule has 0 spiro atoms. The molecule has 3 heterocycles. The molecule has 2 aromatic carbocycles. The molecule has 0 bridgehead atoms. The molecule has 0 amide bonds. The topological polar surface area (TPSA) is 39.5 Å². The Morgan fingerprint density at radius 3 is 2.67 bits per heavy atom. The molecule has 2 aliphatic rings. The van der Waals surface area contributed by atoms with Gasteiger partial charge >= 0.3 is 0 Å². The monoisotopic (exact) mass is 361 g/mol. The second-order valence-electron chi connectivity index (χ2n) is 7.15. The van der Waals surface area contributed by atoms with Crippen LogP contribution in [0.5, 0.6) is 11.5 Å². The van der Waals surface area contributed by atoms with Crippen molar-refractivity contribution in [3.8, 4) is 17.2 Å². The SMILES string of the molecule is c1cnn(-c2ccc(CN3CCC[C@H]3c3ccc4c(c3)OCCO4)cc2)c1. The van der Waals surface area contributed by atoms with Crippen LogP contribution in [0.1, 0.15) is 30.0 Å². The van der Waals surface area contributed by atoms with Gasteiger partial charge in [-0.3, -0.25) is 4.90 Å². The normalized spacial score (nSPS) is 19.3. The maximum atomic E-state index is 5.77. The zero-order chi connectivity index (χ0) is 18.1. The third-order valence-corrected chi connectivity index (χ3v) is 5.41. The molecule has 0 radical (unpaired) electrons. The average molecular weight is 361 g/mol. The van der Waals surface area contributed by atoms with Crippen molar-refractivity contribution in [2.75, 3.05) is 19.8 Å². The minimum Gasteiger partial charge on any atom is -0.486 e. The summed E-state index contributed by atoms with van der Waals surface area (Å²) in [5.41, 5.74) is 3.74. The third-order valence-electron chi connectivity index (χ3n) is 5.41. The molecule has 5 rings (SSSR count). The largest absolute Gasteiger partial charge is 0.486 e. The lowest BCUT2D eigenvalue weighted by atomic mass is 10.0. The van der Waals surface area contributed by atoms with Crippen molar-refractivity contribution >= 4 is 0 Å². The van der Waals surface area contributed by atoms with Crippen LogP contribution in [0.15, 0.2) is 60.9 Å². The highest BCUT2D eigenvalue weighted by molar-refractivity contribution is 5.45. The second-order valence-corrected chi connectivity index (χ2v) is 7.15. The predicted molar refractivity (Wildman–Crippen MR) is 103 cm³/mol. The molecule has 5 nitrogen and oxygen atoms in total. The van der Waals surface area contributed by atoms with Gasteiger partial charge < -0.3 is 9.47 Å². The zero-order valence-corrected chi connectivity index (χ0v) is 15.3. The molecule has 0 saturated carbocycles. The summed E-state index contributed by atoms with van der Waals surface area (Å²) in [4.78, 5) is 2.56. The molecule has 1 aromatic heterocycles. The number of aromatic nitrogens is 2. The van der Waals surface area contributed by atoms with Crippen LogP contribution in [0, 0.1) is 0 Å². The smallest absolute Gasteiger partial charge is 0.161 e. The van der Waals surface area contributed by atoms with Gasteiger partial charge in [0.1, 0.15) is 13.2 Å². The van der Waals surface area contributed by atoms with Gasteiger partial charge in [0.05, 0.1) is 5.69 Å². The van der Waals surface area contributed by atoms with Gasteiger partial charge in [0.25, 0.3) is 0 Å². The van der Waals surface area contributed by atoms with E-state index in [1.165, 1.54) is 24.0 Å². The first-order chi connectivity index (χ1) is 13.4. The Bertz CT molecular complexity index is 906. The predicted octanol–water partition coefficient (Wildman–Crippen LogP) is 3.98. The fraction of sp³-hybridized carbons (Fsp3) is 0.318. The molecule has 3 aromatic rings. The van der Waals surface area contributed by atoms with E-state index in [9.17, 15) is 0 Å². The van der Waals surface area contributed by atoms with Crippen LogP contribution in [0.4, 0.5) is 0 Å². The summed E-state index contributed by atoms with van der Waals surface area (Å²) >= 11 is 0. The molecule has 0 N–H and O–H groups in total.